The predicted molar refractivity (Wildman–Crippen MR) is 99.9 cm³/mol. The number of rotatable bonds is 4. The number of hydrogen-bond donors (Lipinski definition) is 1. The van der Waals surface area contributed by atoms with E-state index in [1.165, 1.54) is 19.3 Å². The van der Waals surface area contributed by atoms with Gasteiger partial charge in [0.15, 0.2) is 0 Å². The highest BCUT2D eigenvalue weighted by Gasteiger charge is 2.25. The summed E-state index contributed by atoms with van der Waals surface area (Å²) < 4.78 is 5.23. The van der Waals surface area contributed by atoms with Gasteiger partial charge >= 0.3 is 6.09 Å². The molecule has 25 heavy (non-hydrogen) atoms. The van der Waals surface area contributed by atoms with Gasteiger partial charge in [0.05, 0.1) is 0 Å². The maximum atomic E-state index is 12.8. The Morgan fingerprint density at radius 2 is 1.72 bits per heavy atom. The number of anilines is 1. The van der Waals surface area contributed by atoms with Crippen LogP contribution < -0.4 is 5.32 Å². The molecule has 5 nitrogen and oxygen atoms in total. The summed E-state index contributed by atoms with van der Waals surface area (Å²) in [6.07, 6.45) is 5.37. The van der Waals surface area contributed by atoms with Crippen LogP contribution in [-0.4, -0.2) is 35.1 Å². The van der Waals surface area contributed by atoms with E-state index in [4.69, 9.17) is 4.74 Å². The number of amides is 2. The molecule has 0 aromatic heterocycles. The van der Waals surface area contributed by atoms with Gasteiger partial charge in [0.1, 0.15) is 5.60 Å². The fourth-order valence-corrected chi connectivity index (χ4v) is 3.24. The fourth-order valence-electron chi connectivity index (χ4n) is 3.24. The molecule has 0 spiro atoms. The van der Waals surface area contributed by atoms with Crippen LogP contribution in [0.4, 0.5) is 10.5 Å². The van der Waals surface area contributed by atoms with Crippen LogP contribution in [-0.2, 0) is 4.74 Å². The minimum Gasteiger partial charge on any atom is -0.444 e. The second-order valence-corrected chi connectivity index (χ2v) is 7.59. The van der Waals surface area contributed by atoms with E-state index in [0.717, 1.165) is 19.4 Å². The lowest BCUT2D eigenvalue weighted by molar-refractivity contribution is 0.0632. The maximum Gasteiger partial charge on any atom is 0.412 e. The second kappa shape index (κ2) is 8.37. The van der Waals surface area contributed by atoms with Gasteiger partial charge in [-0.1, -0.05) is 19.3 Å². The zero-order chi connectivity index (χ0) is 18.4. The summed E-state index contributed by atoms with van der Waals surface area (Å²) in [6.45, 7) is 8.21. The molecular weight excluding hydrogens is 316 g/mol. The first kappa shape index (κ1) is 19.3. The van der Waals surface area contributed by atoms with Crippen molar-refractivity contribution in [1.82, 2.24) is 4.90 Å². The molecule has 2 amide bonds. The molecule has 0 heterocycles. The van der Waals surface area contributed by atoms with Gasteiger partial charge in [-0.15, -0.1) is 0 Å². The van der Waals surface area contributed by atoms with E-state index in [9.17, 15) is 9.59 Å². The van der Waals surface area contributed by atoms with Crippen LogP contribution in [0.15, 0.2) is 24.3 Å². The molecule has 0 aliphatic heterocycles. The van der Waals surface area contributed by atoms with Crippen LogP contribution in [0, 0.1) is 0 Å². The molecule has 1 saturated carbocycles. The number of carbonyl (C=O) groups is 2. The quantitative estimate of drug-likeness (QED) is 0.849. The standard InChI is InChI=1S/C20H30N2O3/c1-5-22(17-9-7-6-8-10-17)18(23)15-11-13-16(14-12-15)21-19(24)25-20(2,3)4/h11-14,17H,5-10H2,1-4H3,(H,21,24). The Kier molecular flexibility index (Phi) is 6.45. The normalized spacial score (nSPS) is 15.5. The molecule has 0 radical (unpaired) electrons. The number of carbonyl (C=O) groups excluding carboxylic acids is 2. The molecule has 0 atom stereocenters. The molecule has 0 bridgehead atoms. The molecule has 1 aromatic carbocycles. The average molecular weight is 346 g/mol. The van der Waals surface area contributed by atoms with Crippen molar-refractivity contribution in [1.29, 1.82) is 0 Å². The number of hydrogen-bond acceptors (Lipinski definition) is 3. The third-order valence-electron chi connectivity index (χ3n) is 4.39. The molecule has 0 unspecified atom stereocenters. The van der Waals surface area contributed by atoms with Crippen LogP contribution in [0.25, 0.3) is 0 Å². The molecule has 2 rings (SSSR count). The third-order valence-corrected chi connectivity index (χ3v) is 4.39. The van der Waals surface area contributed by atoms with Gasteiger partial charge in [0.25, 0.3) is 5.91 Å². The summed E-state index contributed by atoms with van der Waals surface area (Å²) >= 11 is 0. The van der Waals surface area contributed by atoms with Crippen molar-refractivity contribution in [2.24, 2.45) is 0 Å². The van der Waals surface area contributed by atoms with E-state index in [-0.39, 0.29) is 5.91 Å². The lowest BCUT2D eigenvalue weighted by atomic mass is 9.93. The summed E-state index contributed by atoms with van der Waals surface area (Å²) in [5, 5.41) is 2.69. The molecule has 1 aliphatic rings. The molecule has 1 fully saturated rings. The smallest absolute Gasteiger partial charge is 0.412 e. The van der Waals surface area contributed by atoms with Gasteiger partial charge < -0.3 is 9.64 Å². The monoisotopic (exact) mass is 346 g/mol. The van der Waals surface area contributed by atoms with Gasteiger partial charge in [-0.25, -0.2) is 4.79 Å². The first-order valence-corrected chi connectivity index (χ1v) is 9.21. The Balaban J connectivity index is 2.00. The van der Waals surface area contributed by atoms with Crippen molar-refractivity contribution in [3.05, 3.63) is 29.8 Å². The number of benzene rings is 1. The fraction of sp³-hybridized carbons (Fsp3) is 0.600. The predicted octanol–water partition coefficient (Wildman–Crippen LogP) is 4.83. The third kappa shape index (κ3) is 5.76. The SMILES string of the molecule is CCN(C(=O)c1ccc(NC(=O)OC(C)(C)C)cc1)C1CCCCC1. The molecule has 1 aromatic rings. The molecule has 1 aliphatic carbocycles. The van der Waals surface area contributed by atoms with Crippen LogP contribution in [0.1, 0.15) is 70.2 Å². The molecule has 0 saturated heterocycles. The Morgan fingerprint density at radius 3 is 2.24 bits per heavy atom. The van der Waals surface area contributed by atoms with Gasteiger partial charge in [-0.3, -0.25) is 10.1 Å². The topological polar surface area (TPSA) is 58.6 Å². The highest BCUT2D eigenvalue weighted by molar-refractivity contribution is 5.95. The summed E-state index contributed by atoms with van der Waals surface area (Å²) in [4.78, 5) is 26.6. The Hall–Kier alpha value is -2.04. The second-order valence-electron chi connectivity index (χ2n) is 7.59. The first-order valence-electron chi connectivity index (χ1n) is 9.21. The number of nitrogens with zero attached hydrogens (tertiary/aromatic N) is 1. The largest absolute Gasteiger partial charge is 0.444 e. The summed E-state index contributed by atoms with van der Waals surface area (Å²) in [5.74, 6) is 0.0678. The summed E-state index contributed by atoms with van der Waals surface area (Å²) in [5.41, 5.74) is 0.732. The van der Waals surface area contributed by atoms with Crippen molar-refractivity contribution in [3.8, 4) is 0 Å². The van der Waals surface area contributed by atoms with Crippen molar-refractivity contribution in [2.45, 2.75) is 71.4 Å². The zero-order valence-electron chi connectivity index (χ0n) is 15.8. The average Bonchev–Trinajstić information content (AvgIpc) is 2.55. The molecule has 5 heteroatoms. The van der Waals surface area contributed by atoms with E-state index >= 15 is 0 Å². The van der Waals surface area contributed by atoms with E-state index in [0.29, 0.717) is 17.3 Å². The number of ether oxygens (including phenoxy) is 1. The first-order chi connectivity index (χ1) is 11.8. The Labute approximate surface area is 150 Å². The van der Waals surface area contributed by atoms with E-state index < -0.39 is 11.7 Å². The van der Waals surface area contributed by atoms with Crippen LogP contribution >= 0.6 is 0 Å². The van der Waals surface area contributed by atoms with Crippen molar-refractivity contribution < 1.29 is 14.3 Å². The van der Waals surface area contributed by atoms with Crippen LogP contribution in [0.5, 0.6) is 0 Å². The van der Waals surface area contributed by atoms with Gasteiger partial charge in [-0.2, -0.15) is 0 Å². The van der Waals surface area contributed by atoms with Gasteiger partial charge in [-0.05, 0) is 64.8 Å². The lowest BCUT2D eigenvalue weighted by Crippen LogP contribution is -2.41. The Bertz CT molecular complexity index is 584. The summed E-state index contributed by atoms with van der Waals surface area (Å²) in [7, 11) is 0. The van der Waals surface area contributed by atoms with Gasteiger partial charge in [0, 0.05) is 23.8 Å². The minimum atomic E-state index is -0.540. The van der Waals surface area contributed by atoms with Crippen LogP contribution in [0.3, 0.4) is 0 Å². The van der Waals surface area contributed by atoms with Gasteiger partial charge in [0.2, 0.25) is 0 Å². The van der Waals surface area contributed by atoms with E-state index in [2.05, 4.69) is 5.32 Å². The van der Waals surface area contributed by atoms with Crippen molar-refractivity contribution in [3.63, 3.8) is 0 Å². The molecule has 138 valence electrons. The number of nitrogens with one attached hydrogen (secondary N) is 1. The highest BCUT2D eigenvalue weighted by Crippen LogP contribution is 2.24. The van der Waals surface area contributed by atoms with Crippen molar-refractivity contribution in [2.75, 3.05) is 11.9 Å². The van der Waals surface area contributed by atoms with Crippen molar-refractivity contribution >= 4 is 17.7 Å². The highest BCUT2D eigenvalue weighted by atomic mass is 16.6. The lowest BCUT2D eigenvalue weighted by Gasteiger charge is -2.33. The Morgan fingerprint density at radius 1 is 1.12 bits per heavy atom. The minimum absolute atomic E-state index is 0.0678. The van der Waals surface area contributed by atoms with E-state index in [1.807, 2.05) is 32.6 Å². The molecular formula is C20H30N2O3. The van der Waals surface area contributed by atoms with E-state index in [1.54, 1.807) is 24.3 Å². The summed E-state index contributed by atoms with van der Waals surface area (Å²) in [6, 6.07) is 7.37. The maximum absolute atomic E-state index is 12.8. The zero-order valence-corrected chi connectivity index (χ0v) is 15.8. The van der Waals surface area contributed by atoms with Crippen LogP contribution in [0.2, 0.25) is 0 Å². The molecule has 1 N–H and O–H groups in total.